The maximum absolute atomic E-state index is 14.1. The lowest BCUT2D eigenvalue weighted by Crippen LogP contribution is -2.45. The zero-order valence-electron chi connectivity index (χ0n) is 10.9. The zero-order valence-corrected chi connectivity index (χ0v) is 10.9. The monoisotopic (exact) mass is 265 g/mol. The van der Waals surface area contributed by atoms with Crippen LogP contribution in [0.3, 0.4) is 0 Å². The molecular weight excluding hydrogens is 248 g/mol. The molecule has 102 valence electrons. The van der Waals surface area contributed by atoms with Gasteiger partial charge in [-0.3, -0.25) is 4.90 Å². The summed E-state index contributed by atoms with van der Waals surface area (Å²) in [4.78, 5) is 2.03. The van der Waals surface area contributed by atoms with Crippen LogP contribution in [0.25, 0.3) is 0 Å². The van der Waals surface area contributed by atoms with Crippen molar-refractivity contribution in [3.05, 3.63) is 34.9 Å². The summed E-state index contributed by atoms with van der Waals surface area (Å²) in [6.45, 7) is 4.62. The van der Waals surface area contributed by atoms with Crippen molar-refractivity contribution in [1.29, 1.82) is 5.26 Å². The van der Waals surface area contributed by atoms with E-state index in [9.17, 15) is 8.78 Å². The lowest BCUT2D eigenvalue weighted by molar-refractivity contribution is 0.171. The van der Waals surface area contributed by atoms with Gasteiger partial charge < -0.3 is 5.32 Å². The SMILES string of the molecule is Cc1ccc([C@@H](CC#N)N2CCNCC2)c(F)c1F. The minimum atomic E-state index is -0.821. The molecule has 19 heavy (non-hydrogen) atoms. The molecule has 1 N–H and O–H groups in total. The second-order valence-corrected chi connectivity index (χ2v) is 4.76. The Bertz CT molecular complexity index is 490. The maximum atomic E-state index is 14.1. The van der Waals surface area contributed by atoms with Gasteiger partial charge >= 0.3 is 0 Å². The van der Waals surface area contributed by atoms with E-state index in [1.54, 1.807) is 12.1 Å². The van der Waals surface area contributed by atoms with Crippen LogP contribution in [0.5, 0.6) is 0 Å². The molecule has 1 fully saturated rings. The Morgan fingerprint density at radius 2 is 2.00 bits per heavy atom. The first-order chi connectivity index (χ1) is 9.15. The van der Waals surface area contributed by atoms with E-state index in [0.717, 1.165) is 26.2 Å². The third-order valence-corrected chi connectivity index (χ3v) is 3.54. The van der Waals surface area contributed by atoms with Gasteiger partial charge in [0.1, 0.15) is 0 Å². The van der Waals surface area contributed by atoms with Gasteiger partial charge in [0.15, 0.2) is 11.6 Å². The molecule has 0 amide bonds. The first-order valence-corrected chi connectivity index (χ1v) is 6.41. The highest BCUT2D eigenvalue weighted by Crippen LogP contribution is 2.28. The van der Waals surface area contributed by atoms with Gasteiger partial charge in [-0.05, 0) is 12.5 Å². The lowest BCUT2D eigenvalue weighted by atomic mass is 9.99. The number of benzene rings is 1. The predicted octanol–water partition coefficient (Wildman–Crippen LogP) is 2.13. The summed E-state index contributed by atoms with van der Waals surface area (Å²) in [5.41, 5.74) is 0.573. The molecule has 2 rings (SSSR count). The van der Waals surface area contributed by atoms with E-state index in [1.807, 2.05) is 4.90 Å². The Hall–Kier alpha value is -1.51. The summed E-state index contributed by atoms with van der Waals surface area (Å²) in [6, 6.07) is 4.87. The van der Waals surface area contributed by atoms with Crippen molar-refractivity contribution in [2.75, 3.05) is 26.2 Å². The van der Waals surface area contributed by atoms with Gasteiger partial charge in [0.25, 0.3) is 0 Å². The number of nitrogens with one attached hydrogen (secondary N) is 1. The van der Waals surface area contributed by atoms with Gasteiger partial charge in [0, 0.05) is 31.7 Å². The number of rotatable bonds is 3. The van der Waals surface area contributed by atoms with Crippen molar-refractivity contribution in [1.82, 2.24) is 10.2 Å². The highest BCUT2D eigenvalue weighted by atomic mass is 19.2. The Kier molecular flexibility index (Phi) is 4.46. The van der Waals surface area contributed by atoms with Gasteiger partial charge in [-0.25, -0.2) is 8.78 Å². The number of hydrogen-bond donors (Lipinski definition) is 1. The fourth-order valence-electron chi connectivity index (χ4n) is 2.43. The minimum absolute atomic E-state index is 0.166. The molecule has 1 aliphatic heterocycles. The fourth-order valence-corrected chi connectivity index (χ4v) is 2.43. The second kappa shape index (κ2) is 6.09. The molecule has 5 heteroatoms. The number of nitriles is 1. The van der Waals surface area contributed by atoms with Gasteiger partial charge in [-0.15, -0.1) is 0 Å². The Morgan fingerprint density at radius 1 is 1.32 bits per heavy atom. The highest BCUT2D eigenvalue weighted by molar-refractivity contribution is 5.28. The van der Waals surface area contributed by atoms with E-state index in [1.165, 1.54) is 6.92 Å². The second-order valence-electron chi connectivity index (χ2n) is 4.76. The van der Waals surface area contributed by atoms with E-state index < -0.39 is 11.6 Å². The number of hydrogen-bond acceptors (Lipinski definition) is 3. The first-order valence-electron chi connectivity index (χ1n) is 6.41. The van der Waals surface area contributed by atoms with Crippen LogP contribution < -0.4 is 5.32 Å². The number of halogens is 2. The van der Waals surface area contributed by atoms with E-state index >= 15 is 0 Å². The molecule has 0 radical (unpaired) electrons. The minimum Gasteiger partial charge on any atom is -0.314 e. The van der Waals surface area contributed by atoms with Crippen molar-refractivity contribution in [2.24, 2.45) is 0 Å². The lowest BCUT2D eigenvalue weighted by Gasteiger charge is -2.34. The van der Waals surface area contributed by atoms with Crippen LogP contribution in [0.4, 0.5) is 8.78 Å². The van der Waals surface area contributed by atoms with Gasteiger partial charge in [-0.2, -0.15) is 5.26 Å². The molecular formula is C14H17F2N3. The largest absolute Gasteiger partial charge is 0.314 e. The molecule has 1 aromatic rings. The average molecular weight is 265 g/mol. The van der Waals surface area contributed by atoms with Crippen LogP contribution in [0, 0.1) is 29.9 Å². The van der Waals surface area contributed by atoms with Crippen molar-refractivity contribution in [3.8, 4) is 6.07 Å². The molecule has 0 bridgehead atoms. The summed E-state index contributed by atoms with van der Waals surface area (Å²) in [5, 5.41) is 12.1. The number of nitrogens with zero attached hydrogens (tertiary/aromatic N) is 2. The van der Waals surface area contributed by atoms with Crippen molar-refractivity contribution < 1.29 is 8.78 Å². The third kappa shape index (κ3) is 2.91. The van der Waals surface area contributed by atoms with Gasteiger partial charge in [-0.1, -0.05) is 12.1 Å². The van der Waals surface area contributed by atoms with E-state index in [4.69, 9.17) is 5.26 Å². The molecule has 0 saturated carbocycles. The summed E-state index contributed by atoms with van der Waals surface area (Å²) in [7, 11) is 0. The summed E-state index contributed by atoms with van der Waals surface area (Å²) in [6.07, 6.45) is 0.166. The van der Waals surface area contributed by atoms with E-state index in [-0.39, 0.29) is 23.6 Å². The molecule has 0 unspecified atom stereocenters. The van der Waals surface area contributed by atoms with Crippen LogP contribution in [-0.4, -0.2) is 31.1 Å². The highest BCUT2D eigenvalue weighted by Gasteiger charge is 2.26. The predicted molar refractivity (Wildman–Crippen MR) is 68.5 cm³/mol. The Morgan fingerprint density at radius 3 is 2.63 bits per heavy atom. The first kappa shape index (κ1) is 13.9. The van der Waals surface area contributed by atoms with Crippen molar-refractivity contribution in [3.63, 3.8) is 0 Å². The summed E-state index contributed by atoms with van der Waals surface area (Å²) >= 11 is 0. The zero-order chi connectivity index (χ0) is 13.8. The molecule has 3 nitrogen and oxygen atoms in total. The summed E-state index contributed by atoms with van der Waals surface area (Å²) < 4.78 is 27.7. The van der Waals surface area contributed by atoms with Gasteiger partial charge in [0.05, 0.1) is 18.5 Å². The molecule has 1 saturated heterocycles. The third-order valence-electron chi connectivity index (χ3n) is 3.54. The van der Waals surface area contributed by atoms with Crippen LogP contribution in [0.15, 0.2) is 12.1 Å². The number of piperazine rings is 1. The molecule has 1 atom stereocenters. The fraction of sp³-hybridized carbons (Fsp3) is 0.500. The summed E-state index contributed by atoms with van der Waals surface area (Å²) in [5.74, 6) is -1.63. The molecule has 0 aliphatic carbocycles. The molecule has 1 aliphatic rings. The van der Waals surface area contributed by atoms with E-state index in [0.29, 0.717) is 0 Å². The standard InChI is InChI=1S/C14H17F2N3/c1-10-2-3-11(14(16)13(10)15)12(4-5-17)19-8-6-18-7-9-19/h2-3,12,18H,4,6-9H2,1H3/t12-/m1/s1. The van der Waals surface area contributed by atoms with Crippen LogP contribution in [0.2, 0.25) is 0 Å². The Labute approximate surface area is 111 Å². The molecule has 1 aromatic carbocycles. The molecule has 1 heterocycles. The smallest absolute Gasteiger partial charge is 0.163 e. The van der Waals surface area contributed by atoms with Crippen molar-refractivity contribution in [2.45, 2.75) is 19.4 Å². The Balaban J connectivity index is 2.33. The van der Waals surface area contributed by atoms with Crippen molar-refractivity contribution >= 4 is 0 Å². The maximum Gasteiger partial charge on any atom is 0.163 e. The normalized spacial score (nSPS) is 18.0. The van der Waals surface area contributed by atoms with E-state index in [2.05, 4.69) is 11.4 Å². The number of aryl methyl sites for hydroxylation is 1. The molecule has 0 spiro atoms. The quantitative estimate of drug-likeness (QED) is 0.910. The topological polar surface area (TPSA) is 39.1 Å². The molecule has 0 aromatic heterocycles. The van der Waals surface area contributed by atoms with Gasteiger partial charge in [0.2, 0.25) is 0 Å². The van der Waals surface area contributed by atoms with Crippen LogP contribution in [-0.2, 0) is 0 Å². The van der Waals surface area contributed by atoms with Crippen LogP contribution >= 0.6 is 0 Å². The van der Waals surface area contributed by atoms with Crippen LogP contribution in [0.1, 0.15) is 23.6 Å². The average Bonchev–Trinajstić information content (AvgIpc) is 2.44.